The van der Waals surface area contributed by atoms with Crippen LogP contribution in [-0.2, 0) is 6.42 Å². The minimum atomic E-state index is 0.141. The van der Waals surface area contributed by atoms with Crippen molar-refractivity contribution in [2.24, 2.45) is 5.73 Å². The lowest BCUT2D eigenvalue weighted by Gasteiger charge is -2.19. The first-order chi connectivity index (χ1) is 8.27. The van der Waals surface area contributed by atoms with Crippen LogP contribution in [0.3, 0.4) is 0 Å². The summed E-state index contributed by atoms with van der Waals surface area (Å²) in [6, 6.07) is 8.09. The van der Waals surface area contributed by atoms with Crippen LogP contribution in [0.4, 0.5) is 0 Å². The van der Waals surface area contributed by atoms with Gasteiger partial charge in [0.1, 0.15) is 5.76 Å². The number of pyridine rings is 1. The standard InChI is InChI=1S/C14H18N2O/c1-11(12-6-8-16-9-7-12)14(15)5-4-13-3-2-10-17-13/h2-3,6-11,14H,4-5,15H2,1H3. The van der Waals surface area contributed by atoms with Crippen LogP contribution in [0.15, 0.2) is 47.3 Å². The summed E-state index contributed by atoms with van der Waals surface area (Å²) in [5.41, 5.74) is 7.45. The maximum absolute atomic E-state index is 6.20. The SMILES string of the molecule is CC(c1ccncc1)C(N)CCc1ccco1. The van der Waals surface area contributed by atoms with E-state index in [1.807, 2.05) is 36.7 Å². The van der Waals surface area contributed by atoms with E-state index >= 15 is 0 Å². The average molecular weight is 230 g/mol. The highest BCUT2D eigenvalue weighted by atomic mass is 16.3. The smallest absolute Gasteiger partial charge is 0.103 e. The Morgan fingerprint density at radius 2 is 2.06 bits per heavy atom. The maximum Gasteiger partial charge on any atom is 0.103 e. The molecule has 0 aliphatic carbocycles. The predicted octanol–water partition coefficient (Wildman–Crippen LogP) is 2.74. The summed E-state index contributed by atoms with van der Waals surface area (Å²) in [7, 11) is 0. The maximum atomic E-state index is 6.20. The van der Waals surface area contributed by atoms with Crippen LogP contribution >= 0.6 is 0 Å². The van der Waals surface area contributed by atoms with E-state index in [9.17, 15) is 0 Å². The van der Waals surface area contributed by atoms with Gasteiger partial charge in [-0.05, 0) is 42.2 Å². The van der Waals surface area contributed by atoms with Gasteiger partial charge in [0.05, 0.1) is 6.26 Å². The lowest BCUT2D eigenvalue weighted by atomic mass is 9.91. The molecule has 2 rings (SSSR count). The summed E-state index contributed by atoms with van der Waals surface area (Å²) in [6.45, 7) is 2.15. The molecule has 0 saturated carbocycles. The summed E-state index contributed by atoms with van der Waals surface area (Å²) in [5.74, 6) is 1.34. The number of hydrogen-bond acceptors (Lipinski definition) is 3. The summed E-state index contributed by atoms with van der Waals surface area (Å²) in [5, 5.41) is 0. The zero-order valence-electron chi connectivity index (χ0n) is 10.0. The molecule has 0 aromatic carbocycles. The van der Waals surface area contributed by atoms with Gasteiger partial charge in [0.2, 0.25) is 0 Å². The third-order valence-corrected chi connectivity index (χ3v) is 3.18. The molecule has 0 fully saturated rings. The van der Waals surface area contributed by atoms with Crippen LogP contribution in [0.2, 0.25) is 0 Å². The molecule has 3 heteroatoms. The van der Waals surface area contributed by atoms with Crippen LogP contribution in [0.5, 0.6) is 0 Å². The van der Waals surface area contributed by atoms with Crippen LogP contribution in [0, 0.1) is 0 Å². The number of nitrogens with two attached hydrogens (primary N) is 1. The van der Waals surface area contributed by atoms with Gasteiger partial charge in [-0.25, -0.2) is 0 Å². The summed E-state index contributed by atoms with van der Waals surface area (Å²) in [6.07, 6.45) is 7.14. The monoisotopic (exact) mass is 230 g/mol. The van der Waals surface area contributed by atoms with Crippen molar-refractivity contribution in [2.45, 2.75) is 31.7 Å². The van der Waals surface area contributed by atoms with E-state index < -0.39 is 0 Å². The van der Waals surface area contributed by atoms with Crippen molar-refractivity contribution in [1.29, 1.82) is 0 Å². The zero-order valence-corrected chi connectivity index (χ0v) is 10.0. The highest BCUT2D eigenvalue weighted by molar-refractivity contribution is 5.17. The van der Waals surface area contributed by atoms with Crippen LogP contribution in [-0.4, -0.2) is 11.0 Å². The van der Waals surface area contributed by atoms with Crippen molar-refractivity contribution in [3.8, 4) is 0 Å². The predicted molar refractivity (Wildman–Crippen MR) is 67.7 cm³/mol. The molecule has 2 aromatic rings. The van der Waals surface area contributed by atoms with Gasteiger partial charge in [0.25, 0.3) is 0 Å². The summed E-state index contributed by atoms with van der Waals surface area (Å²) < 4.78 is 5.30. The first-order valence-corrected chi connectivity index (χ1v) is 5.95. The molecule has 0 saturated heterocycles. The minimum Gasteiger partial charge on any atom is -0.469 e. The van der Waals surface area contributed by atoms with Gasteiger partial charge in [-0.1, -0.05) is 6.92 Å². The largest absolute Gasteiger partial charge is 0.469 e. The molecular formula is C14H18N2O. The fourth-order valence-corrected chi connectivity index (χ4v) is 1.93. The van der Waals surface area contributed by atoms with Gasteiger partial charge in [-0.3, -0.25) is 4.98 Å². The Hall–Kier alpha value is -1.61. The van der Waals surface area contributed by atoms with E-state index in [2.05, 4.69) is 11.9 Å². The molecule has 2 heterocycles. The second-order valence-electron chi connectivity index (χ2n) is 4.35. The second-order valence-corrected chi connectivity index (χ2v) is 4.35. The number of nitrogens with zero attached hydrogens (tertiary/aromatic N) is 1. The third-order valence-electron chi connectivity index (χ3n) is 3.18. The second kappa shape index (κ2) is 5.64. The molecule has 17 heavy (non-hydrogen) atoms. The van der Waals surface area contributed by atoms with Gasteiger partial charge in [0.15, 0.2) is 0 Å². The Kier molecular flexibility index (Phi) is 3.94. The van der Waals surface area contributed by atoms with E-state index in [4.69, 9.17) is 10.2 Å². The molecule has 2 N–H and O–H groups in total. The van der Waals surface area contributed by atoms with Gasteiger partial charge >= 0.3 is 0 Å². The van der Waals surface area contributed by atoms with Crippen molar-refractivity contribution in [3.05, 3.63) is 54.2 Å². The Balaban J connectivity index is 1.89. The Morgan fingerprint density at radius 1 is 1.29 bits per heavy atom. The first-order valence-electron chi connectivity index (χ1n) is 5.95. The number of furan rings is 1. The van der Waals surface area contributed by atoms with Gasteiger partial charge in [-0.15, -0.1) is 0 Å². The van der Waals surface area contributed by atoms with Crippen molar-refractivity contribution < 1.29 is 4.42 Å². The van der Waals surface area contributed by atoms with E-state index in [0.29, 0.717) is 5.92 Å². The topological polar surface area (TPSA) is 52.0 Å². The Morgan fingerprint density at radius 3 is 2.71 bits per heavy atom. The Bertz CT molecular complexity index is 425. The van der Waals surface area contributed by atoms with Gasteiger partial charge in [-0.2, -0.15) is 0 Å². The van der Waals surface area contributed by atoms with Crippen molar-refractivity contribution in [2.75, 3.05) is 0 Å². The van der Waals surface area contributed by atoms with E-state index in [1.165, 1.54) is 5.56 Å². The van der Waals surface area contributed by atoms with Crippen LogP contribution < -0.4 is 5.73 Å². The van der Waals surface area contributed by atoms with E-state index in [-0.39, 0.29) is 6.04 Å². The summed E-state index contributed by atoms with van der Waals surface area (Å²) >= 11 is 0. The van der Waals surface area contributed by atoms with Crippen molar-refractivity contribution >= 4 is 0 Å². The average Bonchev–Trinajstić information content (AvgIpc) is 2.89. The number of aromatic nitrogens is 1. The quantitative estimate of drug-likeness (QED) is 0.859. The molecule has 2 unspecified atom stereocenters. The number of hydrogen-bond donors (Lipinski definition) is 1. The first kappa shape index (κ1) is 11.9. The highest BCUT2D eigenvalue weighted by Crippen LogP contribution is 2.20. The normalized spacial score (nSPS) is 14.5. The van der Waals surface area contributed by atoms with Crippen LogP contribution in [0.1, 0.15) is 30.6 Å². The fourth-order valence-electron chi connectivity index (χ4n) is 1.93. The fraction of sp³-hybridized carbons (Fsp3) is 0.357. The number of rotatable bonds is 5. The zero-order chi connectivity index (χ0) is 12.1. The highest BCUT2D eigenvalue weighted by Gasteiger charge is 2.14. The van der Waals surface area contributed by atoms with E-state index in [0.717, 1.165) is 18.6 Å². The lowest BCUT2D eigenvalue weighted by Crippen LogP contribution is -2.27. The van der Waals surface area contributed by atoms with Gasteiger partial charge in [0, 0.05) is 24.9 Å². The molecule has 0 bridgehead atoms. The molecule has 0 radical (unpaired) electrons. The molecule has 3 nitrogen and oxygen atoms in total. The van der Waals surface area contributed by atoms with Crippen molar-refractivity contribution in [3.63, 3.8) is 0 Å². The summed E-state index contributed by atoms with van der Waals surface area (Å²) in [4.78, 5) is 4.02. The lowest BCUT2D eigenvalue weighted by molar-refractivity contribution is 0.464. The van der Waals surface area contributed by atoms with Gasteiger partial charge < -0.3 is 10.2 Å². The number of aryl methyl sites for hydroxylation is 1. The molecule has 0 aliphatic rings. The third kappa shape index (κ3) is 3.17. The molecule has 0 aliphatic heterocycles. The molecule has 0 amide bonds. The Labute approximate surface area is 102 Å². The molecule has 2 aromatic heterocycles. The van der Waals surface area contributed by atoms with Crippen molar-refractivity contribution in [1.82, 2.24) is 4.98 Å². The van der Waals surface area contributed by atoms with Crippen LogP contribution in [0.25, 0.3) is 0 Å². The minimum absolute atomic E-state index is 0.141. The molecule has 2 atom stereocenters. The van der Waals surface area contributed by atoms with E-state index in [1.54, 1.807) is 6.26 Å². The molecule has 0 spiro atoms. The molecular weight excluding hydrogens is 212 g/mol. The molecule has 90 valence electrons.